The van der Waals surface area contributed by atoms with Gasteiger partial charge in [0, 0.05) is 6.04 Å². The maximum atomic E-state index is 3.74. The molecule has 1 aliphatic carbocycles. The van der Waals surface area contributed by atoms with Crippen molar-refractivity contribution in [1.82, 2.24) is 5.32 Å². The molecular weight excluding hydrogens is 206 g/mol. The predicted octanol–water partition coefficient (Wildman–Crippen LogP) is 4.68. The highest BCUT2D eigenvalue weighted by molar-refractivity contribution is 5.14. The Hall–Kier alpha value is -0.300. The minimum absolute atomic E-state index is 0.664. The third-order valence-corrected chi connectivity index (χ3v) is 4.07. The molecule has 0 radical (unpaired) electrons. The van der Waals surface area contributed by atoms with Crippen LogP contribution in [0.2, 0.25) is 0 Å². The fourth-order valence-electron chi connectivity index (χ4n) is 3.04. The van der Waals surface area contributed by atoms with Crippen LogP contribution in [0, 0.1) is 5.92 Å². The zero-order valence-electron chi connectivity index (χ0n) is 12.1. The van der Waals surface area contributed by atoms with Gasteiger partial charge in [0.25, 0.3) is 0 Å². The van der Waals surface area contributed by atoms with Crippen molar-refractivity contribution >= 4 is 0 Å². The Balaban J connectivity index is 2.63. The van der Waals surface area contributed by atoms with E-state index in [2.05, 4.69) is 32.2 Å². The molecule has 2 atom stereocenters. The molecule has 1 heteroatoms. The number of unbranched alkanes of at least 4 members (excludes halogenated alkanes) is 1. The third kappa shape index (κ3) is 4.83. The van der Waals surface area contributed by atoms with E-state index in [-0.39, 0.29) is 0 Å². The van der Waals surface area contributed by atoms with Crippen molar-refractivity contribution in [2.45, 2.75) is 78.2 Å². The molecule has 0 amide bonds. The van der Waals surface area contributed by atoms with Gasteiger partial charge in [-0.2, -0.15) is 0 Å². The van der Waals surface area contributed by atoms with Crippen molar-refractivity contribution in [2.75, 3.05) is 6.54 Å². The second-order valence-corrected chi connectivity index (χ2v) is 5.37. The number of likely N-dealkylation sites (N-methyl/N-ethyl adjacent to an activating group) is 1. The van der Waals surface area contributed by atoms with Crippen LogP contribution in [-0.2, 0) is 0 Å². The van der Waals surface area contributed by atoms with Gasteiger partial charge in [-0.1, -0.05) is 51.7 Å². The Morgan fingerprint density at radius 1 is 1.24 bits per heavy atom. The molecule has 1 aliphatic rings. The van der Waals surface area contributed by atoms with Crippen LogP contribution in [0.1, 0.15) is 72.1 Å². The first-order valence-electron chi connectivity index (χ1n) is 7.75. The number of hydrogen-bond donors (Lipinski definition) is 1. The predicted molar refractivity (Wildman–Crippen MR) is 77.3 cm³/mol. The van der Waals surface area contributed by atoms with Gasteiger partial charge < -0.3 is 5.32 Å². The Morgan fingerprint density at radius 3 is 2.59 bits per heavy atom. The lowest BCUT2D eigenvalue weighted by Crippen LogP contribution is -2.38. The molecule has 2 unspecified atom stereocenters. The van der Waals surface area contributed by atoms with Crippen LogP contribution in [0.25, 0.3) is 0 Å². The second kappa shape index (κ2) is 8.74. The zero-order valence-corrected chi connectivity index (χ0v) is 12.1. The summed E-state index contributed by atoms with van der Waals surface area (Å²) in [6.45, 7) is 8.00. The minimum Gasteiger partial charge on any atom is -0.310 e. The van der Waals surface area contributed by atoms with Crippen LogP contribution >= 0.6 is 0 Å². The molecular formula is C16H31N. The number of allylic oxidation sites excluding steroid dienone is 1. The number of rotatable bonds is 8. The molecule has 17 heavy (non-hydrogen) atoms. The maximum Gasteiger partial charge on any atom is 0.0307 e. The van der Waals surface area contributed by atoms with Gasteiger partial charge in [-0.3, -0.25) is 0 Å². The summed E-state index contributed by atoms with van der Waals surface area (Å²) in [5.74, 6) is 0.847. The third-order valence-electron chi connectivity index (χ3n) is 4.07. The van der Waals surface area contributed by atoms with Crippen LogP contribution < -0.4 is 5.32 Å². The normalized spacial score (nSPS) is 19.8. The fourth-order valence-corrected chi connectivity index (χ4v) is 3.04. The van der Waals surface area contributed by atoms with E-state index >= 15 is 0 Å². The zero-order chi connectivity index (χ0) is 12.5. The van der Waals surface area contributed by atoms with Crippen molar-refractivity contribution in [2.24, 2.45) is 5.92 Å². The SMILES string of the molecule is CCCCC(CC)C(NCC)C1=CCCCC1. The maximum absolute atomic E-state index is 3.74. The number of nitrogens with one attached hydrogen (secondary N) is 1. The van der Waals surface area contributed by atoms with Crippen molar-refractivity contribution in [3.63, 3.8) is 0 Å². The van der Waals surface area contributed by atoms with Crippen molar-refractivity contribution in [1.29, 1.82) is 0 Å². The first-order chi connectivity index (χ1) is 8.33. The molecule has 0 heterocycles. The molecule has 0 spiro atoms. The van der Waals surface area contributed by atoms with Crippen LogP contribution in [0.5, 0.6) is 0 Å². The van der Waals surface area contributed by atoms with Crippen LogP contribution in [0.15, 0.2) is 11.6 Å². The topological polar surface area (TPSA) is 12.0 Å². The van der Waals surface area contributed by atoms with Crippen LogP contribution in [-0.4, -0.2) is 12.6 Å². The summed E-state index contributed by atoms with van der Waals surface area (Å²) in [5, 5.41) is 3.74. The molecule has 100 valence electrons. The summed E-state index contributed by atoms with van der Waals surface area (Å²) in [6.07, 6.45) is 13.4. The van der Waals surface area contributed by atoms with Crippen molar-refractivity contribution < 1.29 is 0 Å². The fraction of sp³-hybridized carbons (Fsp3) is 0.875. The van der Waals surface area contributed by atoms with E-state index in [4.69, 9.17) is 0 Å². The van der Waals surface area contributed by atoms with E-state index in [1.54, 1.807) is 5.57 Å². The van der Waals surface area contributed by atoms with Gasteiger partial charge in [0.15, 0.2) is 0 Å². The van der Waals surface area contributed by atoms with Crippen LogP contribution in [0.4, 0.5) is 0 Å². The summed E-state index contributed by atoms with van der Waals surface area (Å²) in [5.41, 5.74) is 1.71. The molecule has 0 saturated carbocycles. The molecule has 0 fully saturated rings. The highest BCUT2D eigenvalue weighted by atomic mass is 14.9. The lowest BCUT2D eigenvalue weighted by atomic mass is 9.82. The van der Waals surface area contributed by atoms with E-state index in [1.807, 2.05) is 0 Å². The van der Waals surface area contributed by atoms with Gasteiger partial charge in [-0.05, 0) is 44.6 Å². The molecule has 0 bridgehead atoms. The van der Waals surface area contributed by atoms with E-state index in [9.17, 15) is 0 Å². The van der Waals surface area contributed by atoms with E-state index in [0.717, 1.165) is 12.5 Å². The summed E-state index contributed by atoms with van der Waals surface area (Å²) >= 11 is 0. The summed E-state index contributed by atoms with van der Waals surface area (Å²) in [7, 11) is 0. The smallest absolute Gasteiger partial charge is 0.0307 e. The molecule has 1 N–H and O–H groups in total. The Bertz CT molecular complexity index is 220. The monoisotopic (exact) mass is 237 g/mol. The molecule has 1 nitrogen and oxygen atoms in total. The molecule has 0 aromatic heterocycles. The summed E-state index contributed by atoms with van der Waals surface area (Å²) < 4.78 is 0. The second-order valence-electron chi connectivity index (χ2n) is 5.37. The van der Waals surface area contributed by atoms with E-state index < -0.39 is 0 Å². The standard InChI is InChI=1S/C16H31N/c1-4-7-11-14(5-2)16(17-6-3)15-12-9-8-10-13-15/h12,14,16-17H,4-11,13H2,1-3H3. The molecule has 1 rings (SSSR count). The number of hydrogen-bond acceptors (Lipinski definition) is 1. The summed E-state index contributed by atoms with van der Waals surface area (Å²) in [6, 6.07) is 0.664. The molecule has 0 aliphatic heterocycles. The first-order valence-corrected chi connectivity index (χ1v) is 7.75. The average Bonchev–Trinajstić information content (AvgIpc) is 2.39. The Labute approximate surface area is 108 Å². The van der Waals surface area contributed by atoms with E-state index in [1.165, 1.54) is 51.4 Å². The average molecular weight is 237 g/mol. The minimum atomic E-state index is 0.664. The van der Waals surface area contributed by atoms with Gasteiger partial charge in [-0.15, -0.1) is 0 Å². The highest BCUT2D eigenvalue weighted by Crippen LogP contribution is 2.28. The van der Waals surface area contributed by atoms with Gasteiger partial charge in [-0.25, -0.2) is 0 Å². The van der Waals surface area contributed by atoms with Crippen molar-refractivity contribution in [3.05, 3.63) is 11.6 Å². The molecule has 0 aromatic carbocycles. The molecule has 0 aromatic rings. The first kappa shape index (κ1) is 14.8. The highest BCUT2D eigenvalue weighted by Gasteiger charge is 2.23. The Kier molecular flexibility index (Phi) is 7.59. The lowest BCUT2D eigenvalue weighted by Gasteiger charge is -2.31. The Morgan fingerprint density at radius 2 is 2.06 bits per heavy atom. The lowest BCUT2D eigenvalue weighted by molar-refractivity contribution is 0.344. The van der Waals surface area contributed by atoms with Gasteiger partial charge in [0.05, 0.1) is 0 Å². The van der Waals surface area contributed by atoms with Crippen LogP contribution in [0.3, 0.4) is 0 Å². The molecule has 0 saturated heterocycles. The van der Waals surface area contributed by atoms with Crippen molar-refractivity contribution in [3.8, 4) is 0 Å². The largest absolute Gasteiger partial charge is 0.310 e. The quantitative estimate of drug-likeness (QED) is 0.604. The van der Waals surface area contributed by atoms with E-state index in [0.29, 0.717) is 6.04 Å². The van der Waals surface area contributed by atoms with Gasteiger partial charge in [0.1, 0.15) is 0 Å². The van der Waals surface area contributed by atoms with Gasteiger partial charge in [0.2, 0.25) is 0 Å². The summed E-state index contributed by atoms with van der Waals surface area (Å²) in [4.78, 5) is 0. The van der Waals surface area contributed by atoms with Gasteiger partial charge >= 0.3 is 0 Å².